The Kier molecular flexibility index (Phi) is 2.72. The normalized spacial score (nSPS) is 13.6. The zero-order valence-electron chi connectivity index (χ0n) is 9.21. The second-order valence-corrected chi connectivity index (χ2v) is 3.63. The predicted molar refractivity (Wildman–Crippen MR) is 62.6 cm³/mol. The van der Waals surface area contributed by atoms with Crippen molar-refractivity contribution in [3.05, 3.63) is 17.8 Å². The van der Waals surface area contributed by atoms with E-state index < -0.39 is 0 Å². The summed E-state index contributed by atoms with van der Waals surface area (Å²) in [6.45, 7) is 0.698. The van der Waals surface area contributed by atoms with E-state index in [1.54, 1.807) is 9.58 Å². The van der Waals surface area contributed by atoms with Crippen molar-refractivity contribution in [2.24, 2.45) is 4.99 Å². The molecule has 0 spiro atoms. The van der Waals surface area contributed by atoms with Crippen LogP contribution < -0.4 is 5.32 Å². The molecule has 1 N–H and O–H groups in total. The highest BCUT2D eigenvalue weighted by atomic mass is 16.1. The average Bonchev–Trinajstić information content (AvgIpc) is 2.69. The van der Waals surface area contributed by atoms with Gasteiger partial charge < -0.3 is 10.2 Å². The molecule has 0 atom stereocenters. The molecule has 6 heteroatoms. The zero-order valence-corrected chi connectivity index (χ0v) is 9.21. The van der Waals surface area contributed by atoms with Gasteiger partial charge in [0.1, 0.15) is 11.4 Å². The molecule has 84 valence electrons. The fraction of sp³-hybridized carbons (Fsp3) is 0.300. The molecule has 1 aromatic heterocycles. The molecule has 0 aliphatic carbocycles. The first-order valence-electron chi connectivity index (χ1n) is 4.91. The van der Waals surface area contributed by atoms with Gasteiger partial charge in [-0.05, 0) is 6.08 Å². The lowest BCUT2D eigenvalue weighted by atomic mass is 10.3. The van der Waals surface area contributed by atoms with E-state index in [1.165, 1.54) is 12.5 Å². The molecule has 1 aliphatic rings. The fourth-order valence-electron chi connectivity index (χ4n) is 1.35. The molecule has 0 aromatic carbocycles. The smallest absolute Gasteiger partial charge is 0.283 e. The predicted octanol–water partition coefficient (Wildman–Crippen LogP) is 0.509. The number of nitrogens with one attached hydrogen (secondary N) is 1. The molecule has 6 nitrogen and oxygen atoms in total. The van der Waals surface area contributed by atoms with Crippen molar-refractivity contribution in [2.75, 3.05) is 26.0 Å². The minimum Gasteiger partial charge on any atom is -0.369 e. The Balaban J connectivity index is 2.25. The molecule has 16 heavy (non-hydrogen) atoms. The molecular formula is C10H13N5O. The van der Waals surface area contributed by atoms with Crippen LogP contribution in [0.15, 0.2) is 17.3 Å². The van der Waals surface area contributed by atoms with Gasteiger partial charge in [-0.1, -0.05) is 0 Å². The summed E-state index contributed by atoms with van der Waals surface area (Å²) in [7, 11) is 3.62. The maximum atomic E-state index is 11.7. The number of anilines is 1. The lowest BCUT2D eigenvalue weighted by Gasteiger charge is -2.10. The monoisotopic (exact) mass is 219 g/mol. The third-order valence-corrected chi connectivity index (χ3v) is 2.07. The SMILES string of the molecule is CN(C)C=NC(=O)c1cnn2c1NCC=C2. The average molecular weight is 219 g/mol. The Hall–Kier alpha value is -2.11. The molecule has 0 bridgehead atoms. The van der Waals surface area contributed by atoms with Gasteiger partial charge in [0.15, 0.2) is 0 Å². The van der Waals surface area contributed by atoms with Crippen LogP contribution >= 0.6 is 0 Å². The maximum absolute atomic E-state index is 11.7. The van der Waals surface area contributed by atoms with E-state index in [-0.39, 0.29) is 5.91 Å². The Morgan fingerprint density at radius 1 is 1.69 bits per heavy atom. The standard InChI is InChI=1S/C10H13N5O/c1-14(2)7-12-10(16)8-6-13-15-5-3-4-11-9(8)15/h3,5-7,11H,4H2,1-2H3. The van der Waals surface area contributed by atoms with Gasteiger partial charge >= 0.3 is 0 Å². The number of aliphatic imine (C=N–C) groups is 1. The summed E-state index contributed by atoms with van der Waals surface area (Å²) in [6, 6.07) is 0. The summed E-state index contributed by atoms with van der Waals surface area (Å²) in [4.78, 5) is 17.3. The van der Waals surface area contributed by atoms with Crippen LogP contribution in [0.1, 0.15) is 10.4 Å². The summed E-state index contributed by atoms with van der Waals surface area (Å²) in [6.07, 6.45) is 6.74. The summed E-state index contributed by atoms with van der Waals surface area (Å²) in [5.74, 6) is 0.404. The number of rotatable bonds is 2. The second kappa shape index (κ2) is 4.18. The zero-order chi connectivity index (χ0) is 11.5. The van der Waals surface area contributed by atoms with Gasteiger partial charge in [0.2, 0.25) is 0 Å². The number of aromatic nitrogens is 2. The minimum absolute atomic E-state index is 0.294. The van der Waals surface area contributed by atoms with Crippen LogP contribution in [0.4, 0.5) is 5.82 Å². The van der Waals surface area contributed by atoms with Gasteiger partial charge in [0.05, 0.1) is 12.5 Å². The largest absolute Gasteiger partial charge is 0.369 e. The number of carbonyl (C=O) groups excluding carboxylic acids is 1. The van der Waals surface area contributed by atoms with Crippen LogP contribution in [0.5, 0.6) is 0 Å². The van der Waals surface area contributed by atoms with Gasteiger partial charge in [0.25, 0.3) is 5.91 Å². The third-order valence-electron chi connectivity index (χ3n) is 2.07. The van der Waals surface area contributed by atoms with Crippen LogP contribution in [0.2, 0.25) is 0 Å². The highest BCUT2D eigenvalue weighted by Gasteiger charge is 2.16. The van der Waals surface area contributed by atoms with Crippen LogP contribution in [-0.4, -0.2) is 47.6 Å². The van der Waals surface area contributed by atoms with Crippen LogP contribution in [0.3, 0.4) is 0 Å². The number of carbonyl (C=O) groups is 1. The molecular weight excluding hydrogens is 206 g/mol. The van der Waals surface area contributed by atoms with Gasteiger partial charge in [-0.3, -0.25) is 4.79 Å². The first-order valence-corrected chi connectivity index (χ1v) is 4.91. The Morgan fingerprint density at radius 2 is 2.50 bits per heavy atom. The second-order valence-electron chi connectivity index (χ2n) is 3.63. The molecule has 0 unspecified atom stereocenters. The van der Waals surface area contributed by atoms with E-state index in [0.717, 1.165) is 0 Å². The lowest BCUT2D eigenvalue weighted by molar-refractivity contribution is 0.100. The van der Waals surface area contributed by atoms with Crippen molar-refractivity contribution in [2.45, 2.75) is 0 Å². The number of hydrogen-bond donors (Lipinski definition) is 1. The molecule has 1 aromatic rings. The Morgan fingerprint density at radius 3 is 3.25 bits per heavy atom. The molecule has 2 rings (SSSR count). The first-order chi connectivity index (χ1) is 7.68. The van der Waals surface area contributed by atoms with E-state index in [2.05, 4.69) is 15.4 Å². The summed E-state index contributed by atoms with van der Waals surface area (Å²) in [5.41, 5.74) is 0.488. The van der Waals surface area contributed by atoms with Crippen molar-refractivity contribution in [3.63, 3.8) is 0 Å². The topological polar surface area (TPSA) is 62.5 Å². The van der Waals surface area contributed by atoms with Crippen molar-refractivity contribution < 1.29 is 4.79 Å². The van der Waals surface area contributed by atoms with E-state index in [0.29, 0.717) is 17.9 Å². The lowest BCUT2D eigenvalue weighted by Crippen LogP contribution is -2.13. The molecule has 2 heterocycles. The van der Waals surface area contributed by atoms with Crippen LogP contribution in [0, 0.1) is 0 Å². The molecule has 0 saturated carbocycles. The summed E-state index contributed by atoms with van der Waals surface area (Å²) < 4.78 is 1.63. The van der Waals surface area contributed by atoms with Gasteiger partial charge in [-0.2, -0.15) is 10.1 Å². The van der Waals surface area contributed by atoms with Crippen molar-refractivity contribution in [1.29, 1.82) is 0 Å². The Labute approximate surface area is 93.3 Å². The molecule has 0 radical (unpaired) electrons. The minimum atomic E-state index is -0.294. The number of amides is 1. The molecule has 0 fully saturated rings. The summed E-state index contributed by atoms with van der Waals surface area (Å²) in [5, 5.41) is 7.15. The van der Waals surface area contributed by atoms with E-state index >= 15 is 0 Å². The summed E-state index contributed by atoms with van der Waals surface area (Å²) >= 11 is 0. The van der Waals surface area contributed by atoms with E-state index in [1.807, 2.05) is 26.4 Å². The fourth-order valence-corrected chi connectivity index (χ4v) is 1.35. The van der Waals surface area contributed by atoms with Gasteiger partial charge in [0, 0.05) is 26.8 Å². The van der Waals surface area contributed by atoms with Crippen LogP contribution in [0.25, 0.3) is 6.20 Å². The number of hydrogen-bond acceptors (Lipinski definition) is 3. The number of fused-ring (bicyclic) bond motifs is 1. The number of nitrogens with zero attached hydrogens (tertiary/aromatic N) is 4. The van der Waals surface area contributed by atoms with Gasteiger partial charge in [-0.25, -0.2) is 4.68 Å². The van der Waals surface area contributed by atoms with E-state index in [9.17, 15) is 4.79 Å². The molecule has 0 saturated heterocycles. The quantitative estimate of drug-likeness (QED) is 0.581. The molecule has 1 aliphatic heterocycles. The Bertz CT molecular complexity index is 458. The highest BCUT2D eigenvalue weighted by Crippen LogP contribution is 2.18. The third kappa shape index (κ3) is 1.95. The molecule has 1 amide bonds. The van der Waals surface area contributed by atoms with E-state index in [4.69, 9.17) is 0 Å². The van der Waals surface area contributed by atoms with Crippen molar-refractivity contribution >= 4 is 24.3 Å². The van der Waals surface area contributed by atoms with Crippen molar-refractivity contribution in [3.8, 4) is 0 Å². The van der Waals surface area contributed by atoms with Crippen LogP contribution in [-0.2, 0) is 0 Å². The highest BCUT2D eigenvalue weighted by molar-refractivity contribution is 6.02. The van der Waals surface area contributed by atoms with Gasteiger partial charge in [-0.15, -0.1) is 0 Å². The first kappa shape index (κ1) is 10.4. The van der Waals surface area contributed by atoms with Crippen molar-refractivity contribution in [1.82, 2.24) is 14.7 Å². The maximum Gasteiger partial charge on any atom is 0.283 e.